The Morgan fingerprint density at radius 3 is 3.20 bits per heavy atom. The van der Waals surface area contributed by atoms with Crippen molar-refractivity contribution in [1.29, 1.82) is 0 Å². The SMILES string of the molecule is CC(O)Cc1csc(CC2CCCS2)n1. The second-order valence-electron chi connectivity index (χ2n) is 4.12. The maximum Gasteiger partial charge on any atom is 0.0939 e. The Morgan fingerprint density at radius 2 is 2.53 bits per heavy atom. The Kier molecular flexibility index (Phi) is 4.05. The van der Waals surface area contributed by atoms with E-state index >= 15 is 0 Å². The molecule has 0 spiro atoms. The summed E-state index contributed by atoms with van der Waals surface area (Å²) in [5, 5.41) is 13.4. The molecule has 0 radical (unpaired) electrons. The smallest absolute Gasteiger partial charge is 0.0939 e. The van der Waals surface area contributed by atoms with Crippen molar-refractivity contribution in [3.8, 4) is 0 Å². The zero-order valence-corrected chi connectivity index (χ0v) is 10.6. The number of thioether (sulfide) groups is 1. The molecular formula is C11H17NOS2. The van der Waals surface area contributed by atoms with E-state index in [1.54, 1.807) is 11.3 Å². The van der Waals surface area contributed by atoms with Gasteiger partial charge in [-0.05, 0) is 25.5 Å². The fourth-order valence-electron chi connectivity index (χ4n) is 1.84. The molecule has 2 unspecified atom stereocenters. The minimum atomic E-state index is -0.277. The van der Waals surface area contributed by atoms with Gasteiger partial charge in [0.15, 0.2) is 0 Å². The Bertz CT molecular complexity index is 305. The summed E-state index contributed by atoms with van der Waals surface area (Å²) in [6.45, 7) is 1.81. The molecule has 84 valence electrons. The van der Waals surface area contributed by atoms with Crippen molar-refractivity contribution >= 4 is 23.1 Å². The largest absolute Gasteiger partial charge is 0.393 e. The molecule has 1 fully saturated rings. The van der Waals surface area contributed by atoms with Gasteiger partial charge < -0.3 is 5.11 Å². The van der Waals surface area contributed by atoms with E-state index in [1.807, 2.05) is 6.92 Å². The normalized spacial score (nSPS) is 23.2. The molecular weight excluding hydrogens is 226 g/mol. The molecule has 2 heterocycles. The molecule has 4 heteroatoms. The molecule has 0 saturated carbocycles. The van der Waals surface area contributed by atoms with Gasteiger partial charge in [-0.25, -0.2) is 4.98 Å². The van der Waals surface area contributed by atoms with Crippen molar-refractivity contribution in [2.24, 2.45) is 0 Å². The predicted molar refractivity (Wildman–Crippen MR) is 66.7 cm³/mol. The van der Waals surface area contributed by atoms with E-state index in [-0.39, 0.29) is 6.10 Å². The van der Waals surface area contributed by atoms with Crippen LogP contribution in [0.5, 0.6) is 0 Å². The molecule has 2 rings (SSSR count). The molecule has 1 aromatic heterocycles. The average molecular weight is 243 g/mol. The number of hydrogen-bond acceptors (Lipinski definition) is 4. The first-order valence-electron chi connectivity index (χ1n) is 5.47. The lowest BCUT2D eigenvalue weighted by atomic mass is 10.2. The standard InChI is InChI=1S/C11H17NOS2/c1-8(13)5-9-7-15-11(12-9)6-10-3-2-4-14-10/h7-8,10,13H,2-6H2,1H3. The zero-order valence-electron chi connectivity index (χ0n) is 8.98. The molecule has 1 N–H and O–H groups in total. The first-order chi connectivity index (χ1) is 7.24. The van der Waals surface area contributed by atoms with E-state index in [0.717, 1.165) is 17.4 Å². The first kappa shape index (κ1) is 11.4. The summed E-state index contributed by atoms with van der Waals surface area (Å²) in [5.41, 5.74) is 1.05. The predicted octanol–water partition coefficient (Wildman–Crippen LogP) is 2.50. The van der Waals surface area contributed by atoms with Crippen LogP contribution in [-0.2, 0) is 12.8 Å². The molecule has 2 nitrogen and oxygen atoms in total. The van der Waals surface area contributed by atoms with Gasteiger partial charge in [0, 0.05) is 23.5 Å². The lowest BCUT2D eigenvalue weighted by Crippen LogP contribution is -2.05. The van der Waals surface area contributed by atoms with E-state index < -0.39 is 0 Å². The van der Waals surface area contributed by atoms with Crippen LogP contribution in [0.4, 0.5) is 0 Å². The van der Waals surface area contributed by atoms with E-state index in [1.165, 1.54) is 23.6 Å². The van der Waals surface area contributed by atoms with Crippen molar-refractivity contribution in [3.63, 3.8) is 0 Å². The highest BCUT2D eigenvalue weighted by atomic mass is 32.2. The molecule has 1 aliphatic rings. The molecule has 2 atom stereocenters. The maximum atomic E-state index is 9.26. The molecule has 0 aromatic carbocycles. The topological polar surface area (TPSA) is 33.1 Å². The molecule has 1 aliphatic heterocycles. The summed E-state index contributed by atoms with van der Waals surface area (Å²) in [6.07, 6.45) is 4.24. The summed E-state index contributed by atoms with van der Waals surface area (Å²) >= 11 is 3.82. The monoisotopic (exact) mass is 243 g/mol. The van der Waals surface area contributed by atoms with Crippen molar-refractivity contribution < 1.29 is 5.11 Å². The lowest BCUT2D eigenvalue weighted by Gasteiger charge is -2.04. The van der Waals surface area contributed by atoms with E-state index in [2.05, 4.69) is 22.1 Å². The number of nitrogens with zero attached hydrogens (tertiary/aromatic N) is 1. The van der Waals surface area contributed by atoms with Gasteiger partial charge in [-0.2, -0.15) is 11.8 Å². The Morgan fingerprint density at radius 1 is 1.67 bits per heavy atom. The van der Waals surface area contributed by atoms with Crippen LogP contribution in [0.2, 0.25) is 0 Å². The molecule has 0 bridgehead atoms. The Hall–Kier alpha value is -0.0600. The number of aromatic nitrogens is 1. The van der Waals surface area contributed by atoms with Crippen LogP contribution in [0.1, 0.15) is 30.5 Å². The number of aliphatic hydroxyl groups is 1. The third-order valence-electron chi connectivity index (χ3n) is 2.53. The van der Waals surface area contributed by atoms with Crippen molar-refractivity contribution in [2.45, 2.75) is 44.0 Å². The third-order valence-corrected chi connectivity index (χ3v) is 4.85. The van der Waals surface area contributed by atoms with Gasteiger partial charge in [0.1, 0.15) is 0 Å². The van der Waals surface area contributed by atoms with E-state index in [4.69, 9.17) is 0 Å². The fraction of sp³-hybridized carbons (Fsp3) is 0.727. The number of thiazole rings is 1. The van der Waals surface area contributed by atoms with Crippen LogP contribution in [0.15, 0.2) is 5.38 Å². The van der Waals surface area contributed by atoms with Crippen molar-refractivity contribution in [3.05, 3.63) is 16.1 Å². The fourth-order valence-corrected chi connectivity index (χ4v) is 4.11. The highest BCUT2D eigenvalue weighted by Crippen LogP contribution is 2.29. The third kappa shape index (κ3) is 3.47. The summed E-state index contributed by atoms with van der Waals surface area (Å²) in [7, 11) is 0. The van der Waals surface area contributed by atoms with Crippen LogP contribution in [0, 0.1) is 0 Å². The van der Waals surface area contributed by atoms with Gasteiger partial charge in [0.25, 0.3) is 0 Å². The minimum Gasteiger partial charge on any atom is -0.393 e. The highest BCUT2D eigenvalue weighted by Gasteiger charge is 2.17. The van der Waals surface area contributed by atoms with Crippen LogP contribution >= 0.6 is 23.1 Å². The van der Waals surface area contributed by atoms with Gasteiger partial charge in [-0.1, -0.05) is 0 Å². The van der Waals surface area contributed by atoms with Crippen LogP contribution < -0.4 is 0 Å². The Balaban J connectivity index is 1.88. The second kappa shape index (κ2) is 5.32. The van der Waals surface area contributed by atoms with Crippen molar-refractivity contribution in [2.75, 3.05) is 5.75 Å². The highest BCUT2D eigenvalue weighted by molar-refractivity contribution is 8.00. The molecule has 0 aliphatic carbocycles. The molecule has 1 saturated heterocycles. The van der Waals surface area contributed by atoms with Crippen molar-refractivity contribution in [1.82, 2.24) is 4.98 Å². The second-order valence-corrected chi connectivity index (χ2v) is 6.48. The van der Waals surface area contributed by atoms with Crippen LogP contribution in [0.25, 0.3) is 0 Å². The maximum absolute atomic E-state index is 9.26. The quantitative estimate of drug-likeness (QED) is 0.882. The zero-order chi connectivity index (χ0) is 10.7. The molecule has 1 aromatic rings. The van der Waals surface area contributed by atoms with Gasteiger partial charge >= 0.3 is 0 Å². The van der Waals surface area contributed by atoms with Crippen LogP contribution in [0.3, 0.4) is 0 Å². The molecule has 15 heavy (non-hydrogen) atoms. The number of hydrogen-bond donors (Lipinski definition) is 1. The van der Waals surface area contributed by atoms with Crippen LogP contribution in [-0.4, -0.2) is 27.2 Å². The van der Waals surface area contributed by atoms with Gasteiger partial charge in [0.05, 0.1) is 16.8 Å². The van der Waals surface area contributed by atoms with Gasteiger partial charge in [0.2, 0.25) is 0 Å². The Labute approximate surface area is 99.1 Å². The minimum absolute atomic E-state index is 0.277. The number of rotatable bonds is 4. The summed E-state index contributed by atoms with van der Waals surface area (Å²) in [6, 6.07) is 0. The van der Waals surface area contributed by atoms with E-state index in [0.29, 0.717) is 6.42 Å². The summed E-state index contributed by atoms with van der Waals surface area (Å²) < 4.78 is 0. The number of aliphatic hydroxyl groups excluding tert-OH is 1. The van der Waals surface area contributed by atoms with E-state index in [9.17, 15) is 5.11 Å². The molecule has 0 amide bonds. The lowest BCUT2D eigenvalue weighted by molar-refractivity contribution is 0.194. The van der Waals surface area contributed by atoms with Gasteiger partial charge in [-0.15, -0.1) is 11.3 Å². The first-order valence-corrected chi connectivity index (χ1v) is 7.40. The summed E-state index contributed by atoms with van der Waals surface area (Å²) in [4.78, 5) is 4.56. The average Bonchev–Trinajstić information content (AvgIpc) is 2.77. The van der Waals surface area contributed by atoms with Gasteiger partial charge in [-0.3, -0.25) is 0 Å². The summed E-state index contributed by atoms with van der Waals surface area (Å²) in [5.74, 6) is 1.32.